The Morgan fingerprint density at radius 2 is 1.65 bits per heavy atom. The Bertz CT molecular complexity index is 1520. The van der Waals surface area contributed by atoms with Crippen LogP contribution in [0.15, 0.2) is 41.2 Å². The maximum atomic E-state index is 15.8. The lowest BCUT2D eigenvalue weighted by Gasteiger charge is -2.39. The summed E-state index contributed by atoms with van der Waals surface area (Å²) in [5.74, 6) is 0.357. The number of halogens is 1. The van der Waals surface area contributed by atoms with E-state index in [0.717, 1.165) is 49.4 Å². The molecule has 7 rings (SSSR count). The average Bonchev–Trinajstić information content (AvgIpc) is 3.25. The van der Waals surface area contributed by atoms with Crippen LogP contribution >= 0.6 is 0 Å². The third-order valence-electron chi connectivity index (χ3n) is 9.11. The molecular formula is C31H34FN5O3. The van der Waals surface area contributed by atoms with Gasteiger partial charge in [0.2, 0.25) is 5.95 Å². The summed E-state index contributed by atoms with van der Waals surface area (Å²) in [4.78, 5) is 39.9. The van der Waals surface area contributed by atoms with Crippen LogP contribution in [0.25, 0.3) is 11.1 Å². The third-order valence-corrected chi connectivity index (χ3v) is 9.11. The average molecular weight is 544 g/mol. The molecule has 4 aliphatic heterocycles. The van der Waals surface area contributed by atoms with Gasteiger partial charge in [-0.3, -0.25) is 9.78 Å². The number of hydrogen-bond acceptors (Lipinski definition) is 7. The fraction of sp³-hybridized carbons (Fsp3) is 0.452. The second kappa shape index (κ2) is 9.64. The van der Waals surface area contributed by atoms with E-state index in [0.29, 0.717) is 48.6 Å². The van der Waals surface area contributed by atoms with Crippen molar-refractivity contribution >= 4 is 23.4 Å². The van der Waals surface area contributed by atoms with Crippen LogP contribution in [-0.2, 0) is 16.8 Å². The normalized spacial score (nSPS) is 19.9. The zero-order chi connectivity index (χ0) is 27.4. The number of piperidine rings is 2. The van der Waals surface area contributed by atoms with Gasteiger partial charge in [0.25, 0.3) is 5.56 Å². The predicted molar refractivity (Wildman–Crippen MR) is 153 cm³/mol. The number of hydrogen-bond donors (Lipinski definition) is 1. The lowest BCUT2D eigenvalue weighted by Crippen LogP contribution is -2.44. The highest BCUT2D eigenvalue weighted by Crippen LogP contribution is 2.47. The van der Waals surface area contributed by atoms with Crippen molar-refractivity contribution in [3.63, 3.8) is 0 Å². The van der Waals surface area contributed by atoms with Gasteiger partial charge in [0.15, 0.2) is 0 Å². The van der Waals surface area contributed by atoms with Crippen LogP contribution in [0, 0.1) is 5.82 Å². The second-order valence-corrected chi connectivity index (χ2v) is 11.6. The zero-order valence-corrected chi connectivity index (χ0v) is 22.8. The van der Waals surface area contributed by atoms with Crippen LogP contribution < -0.4 is 20.3 Å². The number of benzene rings is 2. The van der Waals surface area contributed by atoms with Gasteiger partial charge in [-0.05, 0) is 67.5 Å². The molecule has 40 heavy (non-hydrogen) atoms. The van der Waals surface area contributed by atoms with Crippen molar-refractivity contribution in [3.05, 3.63) is 69.3 Å². The standard InChI is InChI=1S/C31H34FN5O3/c1-35-13-5-6-23-27(35)33-30(34-28(23)38)37-16-11-31(12-17-37)26-24(29(39)40-31)18-21(19-25(26)32)20-7-9-22(10-8-20)36-14-3-2-4-15-36/h7-10,18-19H,2-6,11-17H2,1H3,(H,33,34,38). The number of carbonyl (C=O) groups is 1. The monoisotopic (exact) mass is 543 g/mol. The molecule has 5 heterocycles. The molecule has 0 unspecified atom stereocenters. The summed E-state index contributed by atoms with van der Waals surface area (Å²) in [5.41, 5.74) is 3.01. The highest BCUT2D eigenvalue weighted by atomic mass is 19.1. The van der Waals surface area contributed by atoms with Crippen LogP contribution in [0.2, 0.25) is 0 Å². The van der Waals surface area contributed by atoms with Gasteiger partial charge in [-0.25, -0.2) is 9.18 Å². The van der Waals surface area contributed by atoms with Gasteiger partial charge >= 0.3 is 5.97 Å². The van der Waals surface area contributed by atoms with E-state index in [2.05, 4.69) is 22.0 Å². The molecule has 1 spiro atoms. The van der Waals surface area contributed by atoms with Crippen molar-refractivity contribution in [2.24, 2.45) is 0 Å². The number of H-pyrrole nitrogens is 1. The number of esters is 1. The number of nitrogens with one attached hydrogen (secondary N) is 1. The third kappa shape index (κ3) is 4.14. The molecule has 0 saturated carbocycles. The van der Waals surface area contributed by atoms with Crippen LogP contribution in [-0.4, -0.2) is 55.7 Å². The molecule has 0 amide bonds. The molecule has 0 radical (unpaired) electrons. The first kappa shape index (κ1) is 25.1. The molecule has 1 N–H and O–H groups in total. The molecule has 1 aromatic heterocycles. The predicted octanol–water partition coefficient (Wildman–Crippen LogP) is 4.61. The molecule has 0 aliphatic carbocycles. The summed E-state index contributed by atoms with van der Waals surface area (Å²) in [5, 5.41) is 0. The van der Waals surface area contributed by atoms with Gasteiger partial charge in [-0.15, -0.1) is 0 Å². The smallest absolute Gasteiger partial charge is 0.339 e. The molecule has 4 aliphatic rings. The van der Waals surface area contributed by atoms with E-state index in [-0.39, 0.29) is 5.56 Å². The van der Waals surface area contributed by atoms with Gasteiger partial charge in [0.05, 0.1) is 11.1 Å². The first-order chi connectivity index (χ1) is 19.4. The maximum Gasteiger partial charge on any atom is 0.339 e. The topological polar surface area (TPSA) is 81.8 Å². The number of carbonyl (C=O) groups excluding carboxylic acids is 1. The first-order valence-corrected chi connectivity index (χ1v) is 14.4. The first-order valence-electron chi connectivity index (χ1n) is 14.4. The van der Waals surface area contributed by atoms with Crippen molar-refractivity contribution in [1.82, 2.24) is 9.97 Å². The quantitative estimate of drug-likeness (QED) is 0.483. The Kier molecular flexibility index (Phi) is 6.05. The Balaban J connectivity index is 1.13. The maximum absolute atomic E-state index is 15.8. The highest BCUT2D eigenvalue weighted by molar-refractivity contribution is 5.96. The second-order valence-electron chi connectivity index (χ2n) is 11.6. The molecule has 9 heteroatoms. The highest BCUT2D eigenvalue weighted by Gasteiger charge is 2.50. The molecule has 0 bridgehead atoms. The van der Waals surface area contributed by atoms with E-state index in [1.807, 2.05) is 29.0 Å². The molecular weight excluding hydrogens is 509 g/mol. The Morgan fingerprint density at radius 1 is 0.900 bits per heavy atom. The number of nitrogens with zero attached hydrogens (tertiary/aromatic N) is 4. The summed E-state index contributed by atoms with van der Waals surface area (Å²) in [7, 11) is 1.95. The van der Waals surface area contributed by atoms with Crippen LogP contribution in [0.4, 0.5) is 21.8 Å². The largest absolute Gasteiger partial charge is 0.450 e. The minimum atomic E-state index is -1.01. The summed E-state index contributed by atoms with van der Waals surface area (Å²) in [6, 6.07) is 11.5. The Morgan fingerprint density at radius 3 is 2.40 bits per heavy atom. The zero-order valence-electron chi connectivity index (χ0n) is 22.8. The number of aromatic nitrogens is 2. The molecule has 3 aromatic rings. The summed E-state index contributed by atoms with van der Waals surface area (Å²) in [6.07, 6.45) is 6.19. The molecule has 2 saturated heterocycles. The summed E-state index contributed by atoms with van der Waals surface area (Å²) < 4.78 is 21.7. The molecule has 8 nitrogen and oxygen atoms in total. The van der Waals surface area contributed by atoms with Gasteiger partial charge in [0.1, 0.15) is 17.2 Å². The van der Waals surface area contributed by atoms with Crippen LogP contribution in [0.5, 0.6) is 0 Å². The molecule has 0 atom stereocenters. The van der Waals surface area contributed by atoms with Gasteiger partial charge in [0, 0.05) is 63.9 Å². The molecule has 208 valence electrons. The fourth-order valence-corrected chi connectivity index (χ4v) is 6.89. The Labute approximate surface area is 232 Å². The van der Waals surface area contributed by atoms with E-state index < -0.39 is 17.4 Å². The minimum Gasteiger partial charge on any atom is -0.450 e. The Hall–Kier alpha value is -3.88. The summed E-state index contributed by atoms with van der Waals surface area (Å²) >= 11 is 0. The van der Waals surface area contributed by atoms with Gasteiger partial charge in [-0.2, -0.15) is 4.98 Å². The molecule has 2 fully saturated rings. The molecule has 2 aromatic carbocycles. The van der Waals surface area contributed by atoms with E-state index in [1.54, 1.807) is 6.07 Å². The number of ether oxygens (including phenoxy) is 1. The lowest BCUT2D eigenvalue weighted by atomic mass is 9.82. The van der Waals surface area contributed by atoms with Crippen molar-refractivity contribution in [2.45, 2.75) is 50.5 Å². The van der Waals surface area contributed by atoms with Crippen LogP contribution in [0.1, 0.15) is 60.0 Å². The summed E-state index contributed by atoms with van der Waals surface area (Å²) in [6.45, 7) is 3.96. The number of rotatable bonds is 3. The van der Waals surface area contributed by atoms with Crippen molar-refractivity contribution in [1.29, 1.82) is 0 Å². The van der Waals surface area contributed by atoms with Gasteiger partial charge in [-0.1, -0.05) is 12.1 Å². The van der Waals surface area contributed by atoms with Crippen LogP contribution in [0.3, 0.4) is 0 Å². The lowest BCUT2D eigenvalue weighted by molar-refractivity contribution is -0.0225. The van der Waals surface area contributed by atoms with Crippen molar-refractivity contribution < 1.29 is 13.9 Å². The SMILES string of the molecule is CN1CCCc2c1nc(N1CCC3(CC1)OC(=O)c1cc(-c4ccc(N5CCCCC5)cc4)cc(F)c13)[nH]c2=O. The van der Waals surface area contributed by atoms with E-state index in [9.17, 15) is 9.59 Å². The minimum absolute atomic E-state index is 0.105. The number of fused-ring (bicyclic) bond motifs is 3. The number of anilines is 3. The van der Waals surface area contributed by atoms with Gasteiger partial charge < -0.3 is 19.4 Å². The van der Waals surface area contributed by atoms with E-state index in [4.69, 9.17) is 9.72 Å². The van der Waals surface area contributed by atoms with E-state index >= 15 is 4.39 Å². The fourth-order valence-electron chi connectivity index (χ4n) is 6.89. The number of aromatic amines is 1. The van der Waals surface area contributed by atoms with Crippen molar-refractivity contribution in [3.8, 4) is 11.1 Å². The van der Waals surface area contributed by atoms with Crippen molar-refractivity contribution in [2.75, 3.05) is 54.5 Å². The van der Waals surface area contributed by atoms with E-state index in [1.165, 1.54) is 31.0 Å².